The number of nitriles is 1. The van der Waals surface area contributed by atoms with Gasteiger partial charge in [-0.05, 0) is 38.0 Å². The minimum Gasteiger partial charge on any atom is -0.312 e. The highest BCUT2D eigenvalue weighted by atomic mass is 35.5. The summed E-state index contributed by atoms with van der Waals surface area (Å²) in [6, 6.07) is 8.92. The number of benzene rings is 1. The van der Waals surface area contributed by atoms with E-state index >= 15 is 0 Å². The summed E-state index contributed by atoms with van der Waals surface area (Å²) in [6.07, 6.45) is 1.26. The maximum Gasteiger partial charge on any atom is 0.237 e. The Kier molecular flexibility index (Phi) is 4.41. The molecule has 0 N–H and O–H groups in total. The van der Waals surface area contributed by atoms with E-state index in [1.807, 2.05) is 6.07 Å². The molecule has 0 radical (unpaired) electrons. The summed E-state index contributed by atoms with van der Waals surface area (Å²) < 4.78 is 0. The Labute approximate surface area is 122 Å². The zero-order chi connectivity index (χ0) is 14.7. The standard InChI is InChI=1S/C15H15ClN2O2/c1-10(9-17)14(19)13-6-3-7-18(15(13)20)12-5-2-4-11(16)8-12/h2,4-5,8,10,13H,3,6-7H2,1H3/t10-,13-/m0/s1. The van der Waals surface area contributed by atoms with Gasteiger partial charge in [0.2, 0.25) is 5.91 Å². The van der Waals surface area contributed by atoms with Gasteiger partial charge in [0.15, 0.2) is 5.78 Å². The molecule has 0 bridgehead atoms. The van der Waals surface area contributed by atoms with Crippen molar-refractivity contribution >= 4 is 29.0 Å². The van der Waals surface area contributed by atoms with Crippen LogP contribution in [0.15, 0.2) is 24.3 Å². The first-order valence-corrected chi connectivity index (χ1v) is 6.92. The van der Waals surface area contributed by atoms with E-state index in [0.29, 0.717) is 23.7 Å². The molecule has 1 aromatic rings. The third-order valence-electron chi connectivity index (χ3n) is 3.52. The average molecular weight is 291 g/mol. The Balaban J connectivity index is 2.23. The molecule has 2 rings (SSSR count). The normalized spacial score (nSPS) is 20.4. The van der Waals surface area contributed by atoms with Gasteiger partial charge in [-0.15, -0.1) is 0 Å². The Bertz CT molecular complexity index is 579. The van der Waals surface area contributed by atoms with Crippen molar-refractivity contribution in [3.8, 4) is 6.07 Å². The maximum atomic E-state index is 12.5. The number of nitrogens with zero attached hydrogens (tertiary/aromatic N) is 2. The first-order valence-electron chi connectivity index (χ1n) is 6.55. The van der Waals surface area contributed by atoms with Gasteiger partial charge in [0.1, 0.15) is 5.92 Å². The smallest absolute Gasteiger partial charge is 0.237 e. The second-order valence-corrected chi connectivity index (χ2v) is 5.35. The lowest BCUT2D eigenvalue weighted by Gasteiger charge is -2.32. The summed E-state index contributed by atoms with van der Waals surface area (Å²) in [6.45, 7) is 2.11. The quantitative estimate of drug-likeness (QED) is 0.804. The Morgan fingerprint density at radius 3 is 2.95 bits per heavy atom. The lowest BCUT2D eigenvalue weighted by Crippen LogP contribution is -2.45. The molecule has 1 saturated heterocycles. The van der Waals surface area contributed by atoms with Crippen LogP contribution in [0, 0.1) is 23.2 Å². The van der Waals surface area contributed by atoms with Gasteiger partial charge in [0.05, 0.1) is 12.0 Å². The lowest BCUT2D eigenvalue weighted by molar-refractivity contribution is -0.135. The van der Waals surface area contributed by atoms with E-state index in [1.54, 1.807) is 29.2 Å². The summed E-state index contributed by atoms with van der Waals surface area (Å²) >= 11 is 5.94. The fourth-order valence-corrected chi connectivity index (χ4v) is 2.59. The number of rotatable bonds is 3. The van der Waals surface area contributed by atoms with Gasteiger partial charge in [-0.25, -0.2) is 0 Å². The van der Waals surface area contributed by atoms with Crippen LogP contribution in [0.4, 0.5) is 5.69 Å². The lowest BCUT2D eigenvalue weighted by atomic mass is 9.87. The topological polar surface area (TPSA) is 61.2 Å². The zero-order valence-electron chi connectivity index (χ0n) is 11.2. The molecule has 1 fully saturated rings. The molecule has 0 unspecified atom stereocenters. The molecule has 1 aliphatic heterocycles. The predicted molar refractivity (Wildman–Crippen MR) is 76.3 cm³/mol. The summed E-state index contributed by atoms with van der Waals surface area (Å²) in [5.41, 5.74) is 0.699. The molecule has 2 atom stereocenters. The van der Waals surface area contributed by atoms with Gasteiger partial charge in [-0.2, -0.15) is 5.26 Å². The molecule has 0 aromatic heterocycles. The van der Waals surface area contributed by atoms with Crippen LogP contribution in [0.1, 0.15) is 19.8 Å². The number of carbonyl (C=O) groups excluding carboxylic acids is 2. The predicted octanol–water partition coefficient (Wildman–Crippen LogP) is 2.81. The molecule has 104 valence electrons. The average Bonchev–Trinajstić information content (AvgIpc) is 2.46. The van der Waals surface area contributed by atoms with Crippen molar-refractivity contribution < 1.29 is 9.59 Å². The van der Waals surface area contributed by atoms with Crippen LogP contribution in [0.2, 0.25) is 5.02 Å². The van der Waals surface area contributed by atoms with E-state index in [0.717, 1.165) is 6.42 Å². The molecule has 0 saturated carbocycles. The minimum absolute atomic E-state index is 0.231. The van der Waals surface area contributed by atoms with Gasteiger partial charge in [0, 0.05) is 17.3 Å². The first-order chi connectivity index (χ1) is 9.54. The molecule has 20 heavy (non-hydrogen) atoms. The SMILES string of the molecule is C[C@@H](C#N)C(=O)[C@@H]1CCCN(c2cccc(Cl)c2)C1=O. The number of amides is 1. The van der Waals surface area contributed by atoms with Crippen molar-refractivity contribution in [2.45, 2.75) is 19.8 Å². The number of ketones is 1. The number of halogens is 1. The number of hydrogen-bond donors (Lipinski definition) is 0. The Hall–Kier alpha value is -1.86. The molecule has 1 aromatic carbocycles. The van der Waals surface area contributed by atoms with E-state index in [4.69, 9.17) is 16.9 Å². The summed E-state index contributed by atoms with van der Waals surface area (Å²) in [5.74, 6) is -1.98. The second kappa shape index (κ2) is 6.06. The van der Waals surface area contributed by atoms with Gasteiger partial charge < -0.3 is 4.90 Å². The van der Waals surface area contributed by atoms with Gasteiger partial charge in [-0.3, -0.25) is 9.59 Å². The van der Waals surface area contributed by atoms with Crippen LogP contribution < -0.4 is 4.90 Å². The number of piperidine rings is 1. The molecular formula is C15H15ClN2O2. The van der Waals surface area contributed by atoms with E-state index in [2.05, 4.69) is 0 Å². The highest BCUT2D eigenvalue weighted by Gasteiger charge is 2.36. The van der Waals surface area contributed by atoms with Crippen molar-refractivity contribution in [1.82, 2.24) is 0 Å². The molecule has 1 amide bonds. The van der Waals surface area contributed by atoms with Gasteiger partial charge in [-0.1, -0.05) is 17.7 Å². The van der Waals surface area contributed by atoms with Crippen molar-refractivity contribution in [3.63, 3.8) is 0 Å². The van der Waals surface area contributed by atoms with Crippen LogP contribution in [-0.2, 0) is 9.59 Å². The van der Waals surface area contributed by atoms with E-state index in [1.165, 1.54) is 6.92 Å². The number of anilines is 1. The number of carbonyl (C=O) groups is 2. The summed E-state index contributed by atoms with van der Waals surface area (Å²) in [5, 5.41) is 9.38. The minimum atomic E-state index is -0.747. The van der Waals surface area contributed by atoms with Crippen molar-refractivity contribution in [2.75, 3.05) is 11.4 Å². The van der Waals surface area contributed by atoms with Crippen molar-refractivity contribution in [1.29, 1.82) is 5.26 Å². The summed E-state index contributed by atoms with van der Waals surface area (Å²) in [4.78, 5) is 26.1. The first kappa shape index (κ1) is 14.5. The van der Waals surface area contributed by atoms with Crippen molar-refractivity contribution in [3.05, 3.63) is 29.3 Å². The van der Waals surface area contributed by atoms with E-state index < -0.39 is 11.8 Å². The summed E-state index contributed by atoms with van der Waals surface area (Å²) in [7, 11) is 0. The molecular weight excluding hydrogens is 276 g/mol. The van der Waals surface area contributed by atoms with Gasteiger partial charge >= 0.3 is 0 Å². The number of Topliss-reactive ketones (excluding diaryl/α,β-unsaturated/α-hetero) is 1. The van der Waals surface area contributed by atoms with Gasteiger partial charge in [0.25, 0.3) is 0 Å². The fourth-order valence-electron chi connectivity index (χ4n) is 2.41. The fraction of sp³-hybridized carbons (Fsp3) is 0.400. The van der Waals surface area contributed by atoms with Crippen LogP contribution in [-0.4, -0.2) is 18.2 Å². The molecule has 0 spiro atoms. The largest absolute Gasteiger partial charge is 0.312 e. The van der Waals surface area contributed by atoms with Crippen LogP contribution in [0.25, 0.3) is 0 Å². The zero-order valence-corrected chi connectivity index (χ0v) is 11.9. The molecule has 4 nitrogen and oxygen atoms in total. The second-order valence-electron chi connectivity index (χ2n) is 4.92. The van der Waals surface area contributed by atoms with E-state index in [-0.39, 0.29) is 11.7 Å². The van der Waals surface area contributed by atoms with Crippen molar-refractivity contribution in [2.24, 2.45) is 11.8 Å². The third-order valence-corrected chi connectivity index (χ3v) is 3.76. The highest BCUT2D eigenvalue weighted by molar-refractivity contribution is 6.31. The third kappa shape index (κ3) is 2.83. The highest BCUT2D eigenvalue weighted by Crippen LogP contribution is 2.28. The van der Waals surface area contributed by atoms with Crippen LogP contribution in [0.5, 0.6) is 0 Å². The molecule has 1 heterocycles. The molecule has 5 heteroatoms. The maximum absolute atomic E-state index is 12.5. The number of hydrogen-bond acceptors (Lipinski definition) is 3. The van der Waals surface area contributed by atoms with Crippen LogP contribution in [0.3, 0.4) is 0 Å². The Morgan fingerprint density at radius 2 is 2.30 bits per heavy atom. The monoisotopic (exact) mass is 290 g/mol. The van der Waals surface area contributed by atoms with E-state index in [9.17, 15) is 9.59 Å². The molecule has 1 aliphatic rings. The Morgan fingerprint density at radius 1 is 1.55 bits per heavy atom. The molecule has 0 aliphatic carbocycles. The van der Waals surface area contributed by atoms with Crippen LogP contribution >= 0.6 is 11.6 Å².